The molecule has 6 aromatic rings. The summed E-state index contributed by atoms with van der Waals surface area (Å²) in [7, 11) is 0. The van der Waals surface area contributed by atoms with E-state index in [0.29, 0.717) is 42.7 Å². The van der Waals surface area contributed by atoms with Crippen LogP contribution in [-0.2, 0) is 0 Å². The molecular formula is C28H18N4O2S2. The second-order valence-corrected chi connectivity index (χ2v) is 9.11. The predicted octanol–water partition coefficient (Wildman–Crippen LogP) is 6.08. The van der Waals surface area contributed by atoms with E-state index >= 15 is 0 Å². The van der Waals surface area contributed by atoms with Crippen molar-refractivity contribution in [2.24, 2.45) is 0 Å². The van der Waals surface area contributed by atoms with Crippen LogP contribution in [0.5, 0.6) is 0 Å². The van der Waals surface area contributed by atoms with E-state index in [0.717, 1.165) is 11.1 Å². The van der Waals surface area contributed by atoms with E-state index in [-0.39, 0.29) is 11.1 Å². The van der Waals surface area contributed by atoms with Gasteiger partial charge in [-0.1, -0.05) is 48.5 Å². The Balaban J connectivity index is 1.55. The Kier molecular flexibility index (Phi) is 5.32. The molecule has 0 amide bonds. The number of benzene rings is 4. The molecule has 36 heavy (non-hydrogen) atoms. The number of H-pyrrole nitrogens is 2. The Morgan fingerprint density at radius 2 is 0.917 bits per heavy atom. The zero-order valence-electron chi connectivity index (χ0n) is 18.8. The van der Waals surface area contributed by atoms with E-state index in [4.69, 9.17) is 24.4 Å². The first kappa shape index (κ1) is 22.1. The smallest absolute Gasteiger partial charge is 0.266 e. The third-order valence-electron chi connectivity index (χ3n) is 6.16. The Morgan fingerprint density at radius 3 is 1.31 bits per heavy atom. The van der Waals surface area contributed by atoms with E-state index in [1.165, 1.54) is 9.13 Å². The van der Waals surface area contributed by atoms with Crippen LogP contribution < -0.4 is 11.1 Å². The normalized spacial score (nSPS) is 11.2. The molecule has 0 fully saturated rings. The van der Waals surface area contributed by atoms with Gasteiger partial charge in [-0.25, -0.2) is 0 Å². The molecule has 4 aromatic carbocycles. The second kappa shape index (κ2) is 8.67. The largest absolute Gasteiger partial charge is 0.331 e. The molecule has 0 unspecified atom stereocenters. The summed E-state index contributed by atoms with van der Waals surface area (Å²) < 4.78 is 3.63. The second-order valence-electron chi connectivity index (χ2n) is 8.33. The van der Waals surface area contributed by atoms with Crippen molar-refractivity contribution in [3.63, 3.8) is 0 Å². The molecule has 0 radical (unpaired) electrons. The maximum absolute atomic E-state index is 13.4. The lowest BCUT2D eigenvalue weighted by Gasteiger charge is -2.11. The third kappa shape index (κ3) is 3.64. The van der Waals surface area contributed by atoms with Crippen molar-refractivity contribution in [1.82, 2.24) is 19.1 Å². The topological polar surface area (TPSA) is 75.6 Å². The first-order valence-corrected chi connectivity index (χ1v) is 12.0. The van der Waals surface area contributed by atoms with Gasteiger partial charge in [0, 0.05) is 0 Å². The van der Waals surface area contributed by atoms with Gasteiger partial charge in [0.15, 0.2) is 9.54 Å². The quantitative estimate of drug-likeness (QED) is 0.285. The first-order chi connectivity index (χ1) is 17.5. The number of hydrogen-bond donors (Lipinski definition) is 2. The van der Waals surface area contributed by atoms with Crippen LogP contribution in [0.1, 0.15) is 0 Å². The Hall–Kier alpha value is -4.40. The minimum atomic E-state index is -0.210. The highest BCUT2D eigenvalue weighted by atomic mass is 32.1. The fourth-order valence-corrected chi connectivity index (χ4v) is 5.01. The van der Waals surface area contributed by atoms with Crippen LogP contribution in [-0.4, -0.2) is 19.1 Å². The van der Waals surface area contributed by atoms with E-state index in [2.05, 4.69) is 9.97 Å². The highest BCUT2D eigenvalue weighted by Crippen LogP contribution is 2.25. The van der Waals surface area contributed by atoms with Gasteiger partial charge in [-0.15, -0.1) is 0 Å². The van der Waals surface area contributed by atoms with E-state index in [1.807, 2.05) is 97.1 Å². The summed E-state index contributed by atoms with van der Waals surface area (Å²) >= 11 is 10.9. The van der Waals surface area contributed by atoms with Crippen molar-refractivity contribution in [2.45, 2.75) is 0 Å². The molecular weight excluding hydrogens is 488 g/mol. The average Bonchev–Trinajstić information content (AvgIpc) is 2.90. The summed E-state index contributed by atoms with van der Waals surface area (Å²) in [6.45, 7) is 0. The maximum Gasteiger partial charge on any atom is 0.266 e. The molecule has 8 heteroatoms. The van der Waals surface area contributed by atoms with Crippen molar-refractivity contribution < 1.29 is 0 Å². The van der Waals surface area contributed by atoms with Crippen molar-refractivity contribution in [1.29, 1.82) is 0 Å². The summed E-state index contributed by atoms with van der Waals surface area (Å²) in [6, 6.07) is 29.7. The van der Waals surface area contributed by atoms with Gasteiger partial charge in [0.1, 0.15) is 0 Å². The minimum Gasteiger partial charge on any atom is -0.331 e. The molecule has 0 aliphatic heterocycles. The molecule has 174 valence electrons. The molecule has 0 aliphatic carbocycles. The number of aromatic amines is 2. The molecule has 0 atom stereocenters. The van der Waals surface area contributed by atoms with Crippen molar-refractivity contribution >= 4 is 46.2 Å². The number of para-hydroxylation sites is 2. The van der Waals surface area contributed by atoms with E-state index in [1.54, 1.807) is 0 Å². The van der Waals surface area contributed by atoms with Gasteiger partial charge in [0.2, 0.25) is 0 Å². The fraction of sp³-hybridized carbons (Fsp3) is 0. The van der Waals surface area contributed by atoms with Crippen LogP contribution in [0.25, 0.3) is 44.3 Å². The Bertz CT molecular complexity index is 1870. The number of nitrogens with one attached hydrogen (secondary N) is 2. The van der Waals surface area contributed by atoms with Gasteiger partial charge in [0.25, 0.3) is 11.1 Å². The SMILES string of the molecule is O=c1c2cc(-c3ccc4[nH]c(=S)n(-c5ccccc5)c(=O)c4c3)ccc2[nH]c(=S)n1-c1ccccc1. The fourth-order valence-electron chi connectivity index (χ4n) is 4.41. The molecule has 0 saturated carbocycles. The Morgan fingerprint density at radius 1 is 0.528 bits per heavy atom. The van der Waals surface area contributed by atoms with Crippen LogP contribution in [0.2, 0.25) is 0 Å². The molecule has 2 aromatic heterocycles. The van der Waals surface area contributed by atoms with Gasteiger partial charge < -0.3 is 9.97 Å². The molecule has 6 rings (SSSR count). The summed E-state index contributed by atoms with van der Waals surface area (Å²) in [5.74, 6) is 0. The van der Waals surface area contributed by atoms with Crippen LogP contribution in [0.3, 0.4) is 0 Å². The average molecular weight is 507 g/mol. The summed E-state index contributed by atoms with van der Waals surface area (Å²) in [4.78, 5) is 33.2. The first-order valence-electron chi connectivity index (χ1n) is 11.2. The van der Waals surface area contributed by atoms with Crippen LogP contribution in [0, 0.1) is 9.54 Å². The van der Waals surface area contributed by atoms with Crippen molar-refractivity contribution in [3.8, 4) is 22.5 Å². The lowest BCUT2D eigenvalue weighted by molar-refractivity contribution is 0.940. The molecule has 0 bridgehead atoms. The third-order valence-corrected chi connectivity index (χ3v) is 6.73. The molecule has 2 N–H and O–H groups in total. The van der Waals surface area contributed by atoms with Crippen LogP contribution >= 0.6 is 24.4 Å². The van der Waals surface area contributed by atoms with E-state index < -0.39 is 0 Å². The van der Waals surface area contributed by atoms with Crippen molar-refractivity contribution in [3.05, 3.63) is 127 Å². The molecule has 0 aliphatic rings. The number of rotatable bonds is 3. The predicted molar refractivity (Wildman–Crippen MR) is 148 cm³/mol. The molecule has 0 saturated heterocycles. The molecule has 0 spiro atoms. The summed E-state index contributed by atoms with van der Waals surface area (Å²) in [6.07, 6.45) is 0. The number of hydrogen-bond acceptors (Lipinski definition) is 4. The standard InChI is InChI=1S/C28H18N4O2S2/c33-25-21-15-17(11-13-23(21)29-27(35)31(25)19-7-3-1-4-8-19)18-12-14-24-22(16-18)26(34)32(28(36)30-24)20-9-5-2-6-10-20/h1-16H,(H,29,35)(H,30,36). The zero-order chi connectivity index (χ0) is 24.8. The minimum absolute atomic E-state index is 0.210. The van der Waals surface area contributed by atoms with Gasteiger partial charge in [-0.3, -0.25) is 18.7 Å². The summed E-state index contributed by atoms with van der Waals surface area (Å²) in [5.41, 5.74) is 3.88. The van der Waals surface area contributed by atoms with Gasteiger partial charge in [-0.05, 0) is 84.1 Å². The molecule has 2 heterocycles. The number of nitrogens with zero attached hydrogens (tertiary/aromatic N) is 2. The monoisotopic (exact) mass is 506 g/mol. The number of fused-ring (bicyclic) bond motifs is 2. The number of aromatic nitrogens is 4. The summed E-state index contributed by atoms with van der Waals surface area (Å²) in [5, 5.41) is 0.999. The highest BCUT2D eigenvalue weighted by molar-refractivity contribution is 7.71. The zero-order valence-corrected chi connectivity index (χ0v) is 20.4. The van der Waals surface area contributed by atoms with Gasteiger partial charge in [0.05, 0.1) is 33.2 Å². The maximum atomic E-state index is 13.4. The molecule has 6 nitrogen and oxygen atoms in total. The highest BCUT2D eigenvalue weighted by Gasteiger charge is 2.12. The van der Waals surface area contributed by atoms with Crippen molar-refractivity contribution in [2.75, 3.05) is 0 Å². The lowest BCUT2D eigenvalue weighted by atomic mass is 10.0. The van der Waals surface area contributed by atoms with Gasteiger partial charge in [-0.2, -0.15) is 0 Å². The van der Waals surface area contributed by atoms with Crippen LogP contribution in [0.4, 0.5) is 0 Å². The van der Waals surface area contributed by atoms with Crippen LogP contribution in [0.15, 0.2) is 107 Å². The lowest BCUT2D eigenvalue weighted by Crippen LogP contribution is -2.20. The Labute approximate surface area is 214 Å². The van der Waals surface area contributed by atoms with E-state index in [9.17, 15) is 9.59 Å². The van der Waals surface area contributed by atoms with Gasteiger partial charge >= 0.3 is 0 Å².